The van der Waals surface area contributed by atoms with E-state index in [-0.39, 0.29) is 19.6 Å². The Morgan fingerprint density at radius 3 is 2.38 bits per heavy atom. The predicted molar refractivity (Wildman–Crippen MR) is 157 cm³/mol. The predicted octanol–water partition coefficient (Wildman–Crippen LogP) is 5.41. The Balaban J connectivity index is 1.99. The first-order chi connectivity index (χ1) is 18.4. The molecule has 0 radical (unpaired) electrons. The van der Waals surface area contributed by atoms with E-state index < -0.39 is 39.5 Å². The summed E-state index contributed by atoms with van der Waals surface area (Å²) in [6, 6.07) is 3.13. The van der Waals surface area contributed by atoms with Gasteiger partial charge in [-0.3, -0.25) is 9.08 Å². The van der Waals surface area contributed by atoms with E-state index in [0.29, 0.717) is 15.9 Å². The van der Waals surface area contributed by atoms with E-state index >= 15 is 0 Å². The van der Waals surface area contributed by atoms with E-state index in [9.17, 15) is 18.0 Å². The van der Waals surface area contributed by atoms with Crippen LogP contribution >= 0.6 is 22.7 Å². The number of nitrogens with zero attached hydrogens (tertiary/aromatic N) is 3. The smallest absolute Gasteiger partial charge is 0.415 e. The van der Waals surface area contributed by atoms with Crippen LogP contribution in [0.3, 0.4) is 0 Å². The minimum Gasteiger partial charge on any atom is -0.444 e. The highest BCUT2D eigenvalue weighted by atomic mass is 32.2. The minimum absolute atomic E-state index is 0.235. The Kier molecular flexibility index (Phi) is 9.81. The van der Waals surface area contributed by atoms with Crippen molar-refractivity contribution in [3.8, 4) is 0 Å². The van der Waals surface area contributed by atoms with Gasteiger partial charge in [0.05, 0.1) is 42.0 Å². The van der Waals surface area contributed by atoms with Crippen LogP contribution in [-0.4, -0.2) is 60.9 Å². The van der Waals surface area contributed by atoms with Gasteiger partial charge in [-0.15, -0.1) is 27.8 Å². The summed E-state index contributed by atoms with van der Waals surface area (Å²) in [4.78, 5) is 29.2. The number of anilines is 1. The summed E-state index contributed by atoms with van der Waals surface area (Å²) in [5, 5.41) is 13.1. The molecule has 0 saturated carbocycles. The van der Waals surface area contributed by atoms with E-state index in [0.717, 1.165) is 21.6 Å². The van der Waals surface area contributed by atoms with Crippen LogP contribution in [0.25, 0.3) is 10.2 Å². The second kappa shape index (κ2) is 12.4. The standard InChI is InChI=1S/C26H36N4O7S3/c1-16-20(12-17(15-35-40(8,33)34)28-23(31)36-25(2,3)4)39-22-19(13-27-29-21(16)22)30(14-18-10-9-11-38-18)24(32)37-26(5,6)7/h9-11,13,17H,12,14-15H2,1-8H3,(H,28,31). The normalized spacial score (nSPS) is 13.2. The van der Waals surface area contributed by atoms with Gasteiger partial charge in [0.25, 0.3) is 10.1 Å². The van der Waals surface area contributed by atoms with Gasteiger partial charge >= 0.3 is 12.2 Å². The van der Waals surface area contributed by atoms with E-state index in [1.165, 1.54) is 33.8 Å². The minimum atomic E-state index is -3.75. The van der Waals surface area contributed by atoms with Crippen LogP contribution in [0, 0.1) is 6.92 Å². The first-order valence-electron chi connectivity index (χ1n) is 12.5. The van der Waals surface area contributed by atoms with Gasteiger partial charge < -0.3 is 14.8 Å². The molecule has 0 aromatic carbocycles. The Labute approximate surface area is 243 Å². The third kappa shape index (κ3) is 9.39. The lowest BCUT2D eigenvalue weighted by Gasteiger charge is -2.27. The van der Waals surface area contributed by atoms with E-state index in [1.807, 2.05) is 24.4 Å². The van der Waals surface area contributed by atoms with Crippen molar-refractivity contribution in [2.75, 3.05) is 17.8 Å². The lowest BCUT2D eigenvalue weighted by atomic mass is 10.1. The number of hydrogen-bond acceptors (Lipinski definition) is 11. The van der Waals surface area contributed by atoms with Crippen LogP contribution < -0.4 is 10.2 Å². The maximum atomic E-state index is 13.3. The molecule has 1 N–H and O–H groups in total. The number of fused-ring (bicyclic) bond motifs is 1. The molecule has 14 heteroatoms. The fourth-order valence-electron chi connectivity index (χ4n) is 3.61. The number of aromatic nitrogens is 2. The van der Waals surface area contributed by atoms with E-state index in [1.54, 1.807) is 41.5 Å². The van der Waals surface area contributed by atoms with E-state index in [4.69, 9.17) is 13.7 Å². The average Bonchev–Trinajstić information content (AvgIpc) is 3.41. The number of carbonyl (C=O) groups is 2. The third-order valence-electron chi connectivity index (χ3n) is 5.22. The molecule has 0 saturated heterocycles. The molecule has 0 fully saturated rings. The number of alkyl carbamates (subject to hydrolysis) is 1. The summed E-state index contributed by atoms with van der Waals surface area (Å²) in [5.41, 5.74) is 0.484. The van der Waals surface area contributed by atoms with Crippen molar-refractivity contribution >= 4 is 60.9 Å². The highest BCUT2D eigenvalue weighted by Gasteiger charge is 2.28. The quantitative estimate of drug-likeness (QED) is 0.314. The van der Waals surface area contributed by atoms with Gasteiger partial charge in [-0.1, -0.05) is 6.07 Å². The second-order valence-electron chi connectivity index (χ2n) is 11.2. The number of thiophene rings is 2. The molecule has 3 aromatic rings. The molecule has 1 unspecified atom stereocenters. The molecular weight excluding hydrogens is 577 g/mol. The Morgan fingerprint density at radius 1 is 1.12 bits per heavy atom. The van der Waals surface area contributed by atoms with Crippen molar-refractivity contribution in [3.63, 3.8) is 0 Å². The molecule has 1 atom stereocenters. The summed E-state index contributed by atoms with van der Waals surface area (Å²) < 4.78 is 40.2. The summed E-state index contributed by atoms with van der Waals surface area (Å²) in [6.07, 6.45) is 1.50. The van der Waals surface area contributed by atoms with Gasteiger partial charge in [-0.25, -0.2) is 9.59 Å². The maximum Gasteiger partial charge on any atom is 0.415 e. The molecule has 220 valence electrons. The van der Waals surface area contributed by atoms with Gasteiger partial charge in [0.15, 0.2) is 0 Å². The number of aryl methyl sites for hydroxylation is 1. The summed E-state index contributed by atoms with van der Waals surface area (Å²) >= 11 is 2.91. The zero-order valence-electron chi connectivity index (χ0n) is 23.9. The zero-order chi connectivity index (χ0) is 29.9. The molecule has 0 aliphatic heterocycles. The molecule has 0 bridgehead atoms. The van der Waals surface area contributed by atoms with Crippen LogP contribution in [0.1, 0.15) is 56.9 Å². The number of rotatable bonds is 9. The SMILES string of the molecule is Cc1c(CC(COS(C)(=O)=O)NC(=O)OC(C)(C)C)sc2c(N(Cc3cccs3)C(=O)OC(C)(C)C)cnnc12. The van der Waals surface area contributed by atoms with E-state index in [2.05, 4.69) is 15.5 Å². The Bertz CT molecular complexity index is 1440. The van der Waals surface area contributed by atoms with Gasteiger partial charge in [0.1, 0.15) is 16.7 Å². The molecule has 0 aliphatic rings. The summed E-state index contributed by atoms with van der Waals surface area (Å²) in [5.74, 6) is 0. The molecule has 0 spiro atoms. The van der Waals surface area contributed by atoms with Crippen molar-refractivity contribution in [1.29, 1.82) is 0 Å². The molecule has 3 aromatic heterocycles. The van der Waals surface area contributed by atoms with Crippen molar-refractivity contribution in [2.24, 2.45) is 0 Å². The fourth-order valence-corrected chi connectivity index (χ4v) is 6.05. The number of hydrogen-bond donors (Lipinski definition) is 1. The maximum absolute atomic E-state index is 13.3. The van der Waals surface area contributed by atoms with Crippen molar-refractivity contribution in [3.05, 3.63) is 39.0 Å². The molecule has 3 rings (SSSR count). The lowest BCUT2D eigenvalue weighted by Crippen LogP contribution is -2.43. The average molecular weight is 613 g/mol. The van der Waals surface area contributed by atoms with Crippen LogP contribution in [0.15, 0.2) is 23.7 Å². The van der Waals surface area contributed by atoms with Crippen LogP contribution in [-0.2, 0) is 36.7 Å². The largest absolute Gasteiger partial charge is 0.444 e. The van der Waals surface area contributed by atoms with Gasteiger partial charge in [0.2, 0.25) is 0 Å². The number of carbonyl (C=O) groups excluding carboxylic acids is 2. The first kappa shape index (κ1) is 31.7. The molecule has 40 heavy (non-hydrogen) atoms. The molecular formula is C26H36N4O7S3. The Hall–Kier alpha value is -2.81. The highest BCUT2D eigenvalue weighted by molar-refractivity contribution is 7.85. The Morgan fingerprint density at radius 2 is 1.80 bits per heavy atom. The number of amides is 2. The van der Waals surface area contributed by atoms with Crippen molar-refractivity contribution < 1.29 is 31.7 Å². The monoisotopic (exact) mass is 612 g/mol. The topological polar surface area (TPSA) is 137 Å². The summed E-state index contributed by atoms with van der Waals surface area (Å²) in [7, 11) is -3.75. The molecule has 11 nitrogen and oxygen atoms in total. The first-order valence-corrected chi connectivity index (χ1v) is 16.0. The molecule has 0 aliphatic carbocycles. The number of ether oxygens (including phenoxy) is 2. The van der Waals surface area contributed by atoms with Gasteiger partial charge in [0, 0.05) is 16.2 Å². The van der Waals surface area contributed by atoms with Crippen molar-refractivity contribution in [2.45, 2.75) is 78.7 Å². The van der Waals surface area contributed by atoms with Gasteiger partial charge in [-0.05, 0) is 65.5 Å². The zero-order valence-corrected chi connectivity index (χ0v) is 26.4. The third-order valence-corrected chi connectivity index (χ3v) is 7.97. The summed E-state index contributed by atoms with van der Waals surface area (Å²) in [6.45, 7) is 12.5. The van der Waals surface area contributed by atoms with Gasteiger partial charge in [-0.2, -0.15) is 13.5 Å². The highest BCUT2D eigenvalue weighted by Crippen LogP contribution is 2.37. The number of nitrogens with one attached hydrogen (secondary N) is 1. The second-order valence-corrected chi connectivity index (χ2v) is 15.0. The molecule has 2 amide bonds. The molecule has 3 heterocycles. The van der Waals surface area contributed by atoms with Crippen LogP contribution in [0.4, 0.5) is 15.3 Å². The van der Waals surface area contributed by atoms with Crippen LogP contribution in [0.5, 0.6) is 0 Å². The fraction of sp³-hybridized carbons (Fsp3) is 0.538. The van der Waals surface area contributed by atoms with Crippen LogP contribution in [0.2, 0.25) is 0 Å². The van der Waals surface area contributed by atoms with Crippen molar-refractivity contribution in [1.82, 2.24) is 15.5 Å². The lowest BCUT2D eigenvalue weighted by molar-refractivity contribution is 0.0487.